The zero-order valence-corrected chi connectivity index (χ0v) is 13.3. The molecule has 1 aromatic carbocycles. The van der Waals surface area contributed by atoms with Gasteiger partial charge in [0, 0.05) is 22.6 Å². The molecule has 0 radical (unpaired) electrons. The summed E-state index contributed by atoms with van der Waals surface area (Å²) in [6.07, 6.45) is 4.29. The Balaban J connectivity index is 0.00000180. The molecule has 1 unspecified atom stereocenters. The monoisotopic (exact) mass is 346 g/mol. The molecule has 1 amide bonds. The van der Waals surface area contributed by atoms with Crippen molar-refractivity contribution in [1.82, 2.24) is 4.90 Å². The third kappa shape index (κ3) is 4.20. The fourth-order valence-electron chi connectivity index (χ4n) is 2.52. The van der Waals surface area contributed by atoms with E-state index >= 15 is 0 Å². The lowest BCUT2D eigenvalue weighted by atomic mass is 9.98. The first-order valence-corrected chi connectivity index (χ1v) is 7.28. The minimum Gasteiger partial charge on any atom is -0.336 e. The van der Waals surface area contributed by atoms with Crippen LogP contribution in [-0.4, -0.2) is 29.9 Å². The summed E-state index contributed by atoms with van der Waals surface area (Å²) < 4.78 is 0.996. The second-order valence-electron chi connectivity index (χ2n) is 4.73. The number of rotatable bonds is 3. The molecular formula is C14H20BrClN2O. The van der Waals surface area contributed by atoms with Gasteiger partial charge in [-0.15, -0.1) is 12.4 Å². The molecule has 1 aliphatic heterocycles. The van der Waals surface area contributed by atoms with E-state index in [0.717, 1.165) is 35.8 Å². The van der Waals surface area contributed by atoms with E-state index in [1.165, 1.54) is 6.42 Å². The van der Waals surface area contributed by atoms with Crippen molar-refractivity contribution in [2.75, 3.05) is 13.1 Å². The van der Waals surface area contributed by atoms with Crippen molar-refractivity contribution in [1.29, 1.82) is 0 Å². The van der Waals surface area contributed by atoms with Crippen LogP contribution < -0.4 is 5.73 Å². The summed E-state index contributed by atoms with van der Waals surface area (Å²) in [4.78, 5) is 14.5. The molecule has 5 heteroatoms. The largest absolute Gasteiger partial charge is 0.336 e. The lowest BCUT2D eigenvalue weighted by Crippen LogP contribution is -2.44. The van der Waals surface area contributed by atoms with Crippen LogP contribution in [0.3, 0.4) is 0 Å². The number of amides is 1. The van der Waals surface area contributed by atoms with Crippen LogP contribution in [0.5, 0.6) is 0 Å². The predicted molar refractivity (Wildman–Crippen MR) is 83.7 cm³/mol. The third-order valence-corrected chi connectivity index (χ3v) is 4.01. The van der Waals surface area contributed by atoms with Gasteiger partial charge in [-0.25, -0.2) is 0 Å². The van der Waals surface area contributed by atoms with Crippen LogP contribution in [0.1, 0.15) is 36.0 Å². The number of piperidine rings is 1. The summed E-state index contributed by atoms with van der Waals surface area (Å²) in [5, 5.41) is 0. The van der Waals surface area contributed by atoms with Crippen molar-refractivity contribution in [3.63, 3.8) is 0 Å². The van der Waals surface area contributed by atoms with E-state index in [0.29, 0.717) is 12.6 Å². The average molecular weight is 348 g/mol. The minimum atomic E-state index is 0. The fourth-order valence-corrected chi connectivity index (χ4v) is 2.78. The number of nitrogens with two attached hydrogens (primary N) is 1. The second kappa shape index (κ2) is 7.88. The Morgan fingerprint density at radius 1 is 1.32 bits per heavy atom. The first-order valence-electron chi connectivity index (χ1n) is 6.49. The van der Waals surface area contributed by atoms with Crippen LogP contribution >= 0.6 is 28.3 Å². The quantitative estimate of drug-likeness (QED) is 0.912. The molecule has 1 aliphatic rings. The Labute approximate surface area is 129 Å². The molecule has 0 aromatic heterocycles. The van der Waals surface area contributed by atoms with E-state index < -0.39 is 0 Å². The highest BCUT2D eigenvalue weighted by Gasteiger charge is 2.26. The van der Waals surface area contributed by atoms with Crippen molar-refractivity contribution in [2.24, 2.45) is 5.73 Å². The molecule has 1 saturated heterocycles. The lowest BCUT2D eigenvalue weighted by Gasteiger charge is -2.35. The number of carbonyl (C=O) groups is 1. The Morgan fingerprint density at radius 2 is 2.00 bits per heavy atom. The van der Waals surface area contributed by atoms with E-state index in [2.05, 4.69) is 15.9 Å². The maximum atomic E-state index is 12.5. The van der Waals surface area contributed by atoms with Gasteiger partial charge in [-0.3, -0.25) is 4.79 Å². The van der Waals surface area contributed by atoms with Crippen molar-refractivity contribution in [3.05, 3.63) is 34.3 Å². The number of benzene rings is 1. The van der Waals surface area contributed by atoms with Gasteiger partial charge >= 0.3 is 0 Å². The van der Waals surface area contributed by atoms with Gasteiger partial charge in [0.05, 0.1) is 0 Å². The normalized spacial score (nSPS) is 18.8. The Hall–Kier alpha value is -0.580. The van der Waals surface area contributed by atoms with E-state index in [-0.39, 0.29) is 18.3 Å². The maximum absolute atomic E-state index is 12.5. The summed E-state index contributed by atoms with van der Waals surface area (Å²) >= 11 is 3.39. The molecule has 0 saturated carbocycles. The van der Waals surface area contributed by atoms with Crippen molar-refractivity contribution in [2.45, 2.75) is 31.7 Å². The van der Waals surface area contributed by atoms with Gasteiger partial charge in [0.2, 0.25) is 0 Å². The van der Waals surface area contributed by atoms with E-state index in [1.807, 2.05) is 29.2 Å². The second-order valence-corrected chi connectivity index (χ2v) is 5.65. The molecule has 0 aliphatic carbocycles. The maximum Gasteiger partial charge on any atom is 0.254 e. The molecule has 19 heavy (non-hydrogen) atoms. The fraction of sp³-hybridized carbons (Fsp3) is 0.500. The van der Waals surface area contributed by atoms with Crippen LogP contribution in [0.15, 0.2) is 28.7 Å². The molecule has 1 heterocycles. The SMILES string of the molecule is Cl.NCCC1CCCCN1C(=O)c1ccc(Br)cc1. The van der Waals surface area contributed by atoms with Gasteiger partial charge in [-0.1, -0.05) is 15.9 Å². The van der Waals surface area contributed by atoms with Gasteiger partial charge in [0.15, 0.2) is 0 Å². The molecule has 2 N–H and O–H groups in total. The Bertz CT molecular complexity index is 408. The zero-order valence-electron chi connectivity index (χ0n) is 10.8. The minimum absolute atomic E-state index is 0. The molecule has 2 rings (SSSR count). The van der Waals surface area contributed by atoms with Crippen molar-refractivity contribution in [3.8, 4) is 0 Å². The van der Waals surface area contributed by atoms with Gasteiger partial charge < -0.3 is 10.6 Å². The Morgan fingerprint density at radius 3 is 2.63 bits per heavy atom. The standard InChI is InChI=1S/C14H19BrN2O.ClH/c15-12-6-4-11(5-7-12)14(18)17-10-2-1-3-13(17)8-9-16;/h4-7,13H,1-3,8-10,16H2;1H. The Kier molecular flexibility index (Phi) is 6.83. The van der Waals surface area contributed by atoms with Gasteiger partial charge in [-0.05, 0) is 56.5 Å². The summed E-state index contributed by atoms with van der Waals surface area (Å²) in [7, 11) is 0. The topological polar surface area (TPSA) is 46.3 Å². The molecule has 0 bridgehead atoms. The number of halogens is 2. The van der Waals surface area contributed by atoms with Gasteiger partial charge in [0.25, 0.3) is 5.91 Å². The molecule has 1 atom stereocenters. The van der Waals surface area contributed by atoms with Crippen LogP contribution in [0, 0.1) is 0 Å². The van der Waals surface area contributed by atoms with Crippen LogP contribution in [0.2, 0.25) is 0 Å². The highest BCUT2D eigenvalue weighted by molar-refractivity contribution is 9.10. The first kappa shape index (κ1) is 16.5. The highest BCUT2D eigenvalue weighted by atomic mass is 79.9. The summed E-state index contributed by atoms with van der Waals surface area (Å²) in [5.41, 5.74) is 6.40. The number of hydrogen-bond donors (Lipinski definition) is 1. The first-order chi connectivity index (χ1) is 8.72. The number of nitrogens with zero attached hydrogens (tertiary/aromatic N) is 1. The van der Waals surface area contributed by atoms with Crippen LogP contribution in [0.25, 0.3) is 0 Å². The molecule has 3 nitrogen and oxygen atoms in total. The average Bonchev–Trinajstić information content (AvgIpc) is 2.40. The predicted octanol–water partition coefficient (Wildman–Crippen LogP) is 3.21. The van der Waals surface area contributed by atoms with Gasteiger partial charge in [0.1, 0.15) is 0 Å². The van der Waals surface area contributed by atoms with E-state index in [9.17, 15) is 4.79 Å². The zero-order chi connectivity index (χ0) is 13.0. The summed E-state index contributed by atoms with van der Waals surface area (Å²) in [6, 6.07) is 7.89. The molecule has 0 spiro atoms. The molecule has 106 valence electrons. The summed E-state index contributed by atoms with van der Waals surface area (Å²) in [5.74, 6) is 0.139. The number of carbonyl (C=O) groups excluding carboxylic acids is 1. The number of likely N-dealkylation sites (tertiary alicyclic amines) is 1. The van der Waals surface area contributed by atoms with E-state index in [1.54, 1.807) is 0 Å². The molecular weight excluding hydrogens is 328 g/mol. The highest BCUT2D eigenvalue weighted by Crippen LogP contribution is 2.22. The van der Waals surface area contributed by atoms with Crippen molar-refractivity contribution >= 4 is 34.2 Å². The molecule has 1 aromatic rings. The smallest absolute Gasteiger partial charge is 0.254 e. The van der Waals surface area contributed by atoms with Crippen LogP contribution in [0.4, 0.5) is 0 Å². The van der Waals surface area contributed by atoms with E-state index in [4.69, 9.17) is 5.73 Å². The third-order valence-electron chi connectivity index (χ3n) is 3.48. The lowest BCUT2D eigenvalue weighted by molar-refractivity contribution is 0.0605. The summed E-state index contributed by atoms with van der Waals surface area (Å²) in [6.45, 7) is 1.51. The van der Waals surface area contributed by atoms with Gasteiger partial charge in [-0.2, -0.15) is 0 Å². The molecule has 1 fully saturated rings. The van der Waals surface area contributed by atoms with Crippen LogP contribution in [-0.2, 0) is 0 Å². The number of hydrogen-bond acceptors (Lipinski definition) is 2. The van der Waals surface area contributed by atoms with Crippen molar-refractivity contribution < 1.29 is 4.79 Å².